The van der Waals surface area contributed by atoms with Crippen molar-refractivity contribution in [2.45, 2.75) is 43.4 Å². The molecule has 15 nitrogen and oxygen atoms in total. The number of aliphatic hydroxyl groups excluding tert-OH is 3. The highest BCUT2D eigenvalue weighted by Gasteiger charge is 2.33. The second-order valence-corrected chi connectivity index (χ2v) is 8.28. The molecule has 1 heterocycles. The Hall–Kier alpha value is -3.98. The van der Waals surface area contributed by atoms with Gasteiger partial charge in [-0.1, -0.05) is 6.08 Å². The summed E-state index contributed by atoms with van der Waals surface area (Å²) < 4.78 is 0. The lowest BCUT2D eigenvalue weighted by Gasteiger charge is -2.25. The van der Waals surface area contributed by atoms with Gasteiger partial charge in [-0.3, -0.25) is 28.8 Å². The largest absolute Gasteiger partial charge is 0.508 e. The van der Waals surface area contributed by atoms with Gasteiger partial charge in [0.1, 0.15) is 29.9 Å². The number of allylic oxidation sites excluding steroid dienone is 3. The molecule has 2 rings (SSSR count). The zero-order valence-corrected chi connectivity index (χ0v) is 19.2. The fraction of sp³-hybridized carbons (Fsp3) is 0.524. The van der Waals surface area contributed by atoms with Crippen molar-refractivity contribution in [3.05, 3.63) is 24.0 Å². The number of carbonyl (C=O) groups excluding carboxylic acids is 6. The van der Waals surface area contributed by atoms with Crippen LogP contribution in [0.15, 0.2) is 24.0 Å². The van der Waals surface area contributed by atoms with Gasteiger partial charge in [0.2, 0.25) is 35.4 Å². The van der Waals surface area contributed by atoms with Gasteiger partial charge in [0.15, 0.2) is 0 Å². The molecule has 10 N–H and O–H groups in total. The number of aliphatic hydroxyl groups is 3. The van der Waals surface area contributed by atoms with Crippen LogP contribution < -0.4 is 32.3 Å². The highest BCUT2D eigenvalue weighted by Crippen LogP contribution is 2.20. The summed E-state index contributed by atoms with van der Waals surface area (Å²) in [5.74, 6) is -5.83. The molecule has 0 aromatic rings. The first-order valence-electron chi connectivity index (χ1n) is 11.1. The lowest BCUT2D eigenvalue weighted by molar-refractivity contribution is -0.136. The smallest absolute Gasteiger partial charge is 0.245 e. The summed E-state index contributed by atoms with van der Waals surface area (Å²) in [5.41, 5.74) is 5.14. The number of hydrogen-bond acceptors (Lipinski definition) is 9. The van der Waals surface area contributed by atoms with Crippen LogP contribution in [0.3, 0.4) is 0 Å². The van der Waals surface area contributed by atoms with Crippen molar-refractivity contribution in [1.82, 2.24) is 26.6 Å². The molecule has 0 spiro atoms. The molecule has 1 aliphatic heterocycles. The molecule has 0 aromatic carbocycles. The first kappa shape index (κ1) is 28.3. The SMILES string of the molecule is NC(=O)CC1NC(=O)C(CO)NC(=O)C(CC2C=CC(O)=CC2)NC(=O)CNC(=O)C(CO)NC1=O. The molecule has 0 radical (unpaired) electrons. The molecular weight excluding hydrogens is 480 g/mol. The van der Waals surface area contributed by atoms with E-state index in [1.54, 1.807) is 6.08 Å². The topological polar surface area (TPSA) is 249 Å². The van der Waals surface area contributed by atoms with Gasteiger partial charge in [-0.15, -0.1) is 0 Å². The Morgan fingerprint density at radius 2 is 1.42 bits per heavy atom. The van der Waals surface area contributed by atoms with E-state index in [-0.39, 0.29) is 18.1 Å². The molecule has 6 amide bonds. The van der Waals surface area contributed by atoms with E-state index in [1.165, 1.54) is 12.2 Å². The van der Waals surface area contributed by atoms with Crippen LogP contribution in [0.1, 0.15) is 19.3 Å². The number of carbonyl (C=O) groups is 6. The summed E-state index contributed by atoms with van der Waals surface area (Å²) in [7, 11) is 0. The standard InChI is InChI=1S/C21H30N6O9/c22-16(31)6-13-20(35)26-14(8-28)18(33)23-7-17(32)24-12(5-10-1-3-11(30)4-2-10)19(34)27-15(9-29)21(36)25-13/h1,3-4,10,12-15,28-30H,2,5-9H2,(H2,22,31)(H,23,33)(H,24,32)(H,25,36)(H,26,35)(H,27,34). The fourth-order valence-electron chi connectivity index (χ4n) is 3.51. The Bertz CT molecular complexity index is 950. The molecule has 2 aliphatic rings. The quantitative estimate of drug-likeness (QED) is 0.166. The molecule has 198 valence electrons. The molecule has 1 saturated heterocycles. The maximum atomic E-state index is 13.0. The predicted octanol–water partition coefficient (Wildman–Crippen LogP) is -4.68. The van der Waals surface area contributed by atoms with E-state index >= 15 is 0 Å². The van der Waals surface area contributed by atoms with Crippen molar-refractivity contribution in [3.8, 4) is 0 Å². The second-order valence-electron chi connectivity index (χ2n) is 8.28. The summed E-state index contributed by atoms with van der Waals surface area (Å²) in [6.07, 6.45) is 4.33. The minimum absolute atomic E-state index is 0.0497. The number of primary amides is 1. The third-order valence-electron chi connectivity index (χ3n) is 5.45. The summed E-state index contributed by atoms with van der Waals surface area (Å²) in [6, 6.07) is -5.89. The summed E-state index contributed by atoms with van der Waals surface area (Å²) >= 11 is 0. The average molecular weight is 511 g/mol. The van der Waals surface area contributed by atoms with Crippen LogP contribution in [0, 0.1) is 5.92 Å². The van der Waals surface area contributed by atoms with E-state index in [4.69, 9.17) is 5.73 Å². The first-order chi connectivity index (χ1) is 17.0. The van der Waals surface area contributed by atoms with Gasteiger partial charge in [-0.05, 0) is 30.9 Å². The fourth-order valence-corrected chi connectivity index (χ4v) is 3.51. The van der Waals surface area contributed by atoms with Crippen LogP contribution in [0.25, 0.3) is 0 Å². The third-order valence-corrected chi connectivity index (χ3v) is 5.45. The Kier molecular flexibility index (Phi) is 10.4. The van der Waals surface area contributed by atoms with Crippen molar-refractivity contribution in [2.75, 3.05) is 19.8 Å². The van der Waals surface area contributed by atoms with Gasteiger partial charge in [0.05, 0.1) is 26.2 Å². The van der Waals surface area contributed by atoms with Gasteiger partial charge < -0.3 is 47.6 Å². The van der Waals surface area contributed by atoms with E-state index in [1.807, 2.05) is 0 Å². The molecule has 15 heteroatoms. The van der Waals surface area contributed by atoms with Gasteiger partial charge in [0, 0.05) is 0 Å². The highest BCUT2D eigenvalue weighted by atomic mass is 16.3. The molecule has 5 unspecified atom stereocenters. The maximum Gasteiger partial charge on any atom is 0.245 e. The number of amides is 6. The Morgan fingerprint density at radius 1 is 0.861 bits per heavy atom. The molecule has 5 atom stereocenters. The molecule has 1 fully saturated rings. The van der Waals surface area contributed by atoms with Crippen molar-refractivity contribution in [2.24, 2.45) is 11.7 Å². The van der Waals surface area contributed by atoms with Crippen LogP contribution >= 0.6 is 0 Å². The van der Waals surface area contributed by atoms with Gasteiger partial charge in [0.25, 0.3) is 0 Å². The van der Waals surface area contributed by atoms with Crippen LogP contribution in [0.2, 0.25) is 0 Å². The van der Waals surface area contributed by atoms with E-state index in [0.717, 1.165) is 0 Å². The first-order valence-corrected chi connectivity index (χ1v) is 11.1. The predicted molar refractivity (Wildman–Crippen MR) is 121 cm³/mol. The molecule has 0 bridgehead atoms. The zero-order valence-electron chi connectivity index (χ0n) is 19.2. The van der Waals surface area contributed by atoms with Crippen molar-refractivity contribution < 1.29 is 44.1 Å². The van der Waals surface area contributed by atoms with Crippen LogP contribution in [0.5, 0.6) is 0 Å². The van der Waals surface area contributed by atoms with Crippen molar-refractivity contribution in [1.29, 1.82) is 0 Å². The Morgan fingerprint density at radius 3 is 1.97 bits per heavy atom. The van der Waals surface area contributed by atoms with Gasteiger partial charge in [-0.25, -0.2) is 0 Å². The Balaban J connectivity index is 2.32. The monoisotopic (exact) mass is 510 g/mol. The lowest BCUT2D eigenvalue weighted by Crippen LogP contribution is -2.59. The van der Waals surface area contributed by atoms with Gasteiger partial charge in [-0.2, -0.15) is 0 Å². The minimum atomic E-state index is -1.59. The average Bonchev–Trinajstić information content (AvgIpc) is 2.83. The number of nitrogens with two attached hydrogens (primary N) is 1. The third kappa shape index (κ3) is 8.35. The summed E-state index contributed by atoms with van der Waals surface area (Å²) in [4.78, 5) is 74.5. The van der Waals surface area contributed by atoms with Crippen molar-refractivity contribution >= 4 is 35.4 Å². The summed E-state index contributed by atoms with van der Waals surface area (Å²) in [6.45, 7) is -2.36. The van der Waals surface area contributed by atoms with Crippen LogP contribution in [-0.4, -0.2) is 94.7 Å². The minimum Gasteiger partial charge on any atom is -0.508 e. The van der Waals surface area contributed by atoms with Crippen molar-refractivity contribution in [3.63, 3.8) is 0 Å². The normalized spacial score (nSPS) is 28.3. The lowest BCUT2D eigenvalue weighted by atomic mass is 9.92. The highest BCUT2D eigenvalue weighted by molar-refractivity contribution is 5.98. The molecule has 0 saturated carbocycles. The van der Waals surface area contributed by atoms with Crippen LogP contribution in [-0.2, 0) is 28.8 Å². The zero-order chi connectivity index (χ0) is 26.8. The van der Waals surface area contributed by atoms with E-state index in [2.05, 4.69) is 26.6 Å². The van der Waals surface area contributed by atoms with Crippen LogP contribution in [0.4, 0.5) is 0 Å². The molecule has 0 aromatic heterocycles. The molecule has 36 heavy (non-hydrogen) atoms. The number of nitrogens with one attached hydrogen (secondary N) is 5. The maximum absolute atomic E-state index is 13.0. The molecular formula is C21H30N6O9. The second kappa shape index (κ2) is 13.2. The number of hydrogen-bond donors (Lipinski definition) is 9. The summed E-state index contributed by atoms with van der Waals surface area (Å²) in [5, 5.41) is 40.0. The molecule has 1 aliphatic carbocycles. The van der Waals surface area contributed by atoms with E-state index in [0.29, 0.717) is 6.42 Å². The Labute approximate surface area is 205 Å². The number of rotatable bonds is 6. The van der Waals surface area contributed by atoms with Gasteiger partial charge >= 0.3 is 0 Å². The van der Waals surface area contributed by atoms with E-state index in [9.17, 15) is 44.1 Å². The van der Waals surface area contributed by atoms with E-state index < -0.39 is 85.8 Å².